The number of hydrogen-bond donors (Lipinski definition) is 1. The fourth-order valence-corrected chi connectivity index (χ4v) is 3.43. The highest BCUT2D eigenvalue weighted by Gasteiger charge is 2.31. The Morgan fingerprint density at radius 3 is 2.71 bits per heavy atom. The molecule has 0 amide bonds. The lowest BCUT2D eigenvalue weighted by Crippen LogP contribution is -2.39. The zero-order chi connectivity index (χ0) is 16.9. The van der Waals surface area contributed by atoms with E-state index in [0.29, 0.717) is 17.7 Å². The third-order valence-corrected chi connectivity index (χ3v) is 4.78. The Morgan fingerprint density at radius 2 is 2.08 bits per heavy atom. The molecule has 3 rings (SSSR count). The second-order valence-electron chi connectivity index (χ2n) is 6.74. The lowest BCUT2D eigenvalue weighted by atomic mass is 9.98. The molecule has 0 aromatic heterocycles. The number of halogens is 2. The Bertz CT molecular complexity index is 532. The fourth-order valence-electron chi connectivity index (χ4n) is 3.43. The summed E-state index contributed by atoms with van der Waals surface area (Å²) in [7, 11) is 1.48. The molecule has 1 aromatic rings. The molecule has 1 aliphatic carbocycles. The van der Waals surface area contributed by atoms with Crippen LogP contribution in [0.25, 0.3) is 0 Å². The molecule has 1 aromatic carbocycles. The minimum absolute atomic E-state index is 0.0886. The van der Waals surface area contributed by atoms with Crippen molar-refractivity contribution in [3.05, 3.63) is 23.8 Å². The molecule has 134 valence electrons. The Balaban J connectivity index is 1.65. The van der Waals surface area contributed by atoms with Gasteiger partial charge >= 0.3 is 6.61 Å². The van der Waals surface area contributed by atoms with Crippen LogP contribution in [0.1, 0.15) is 31.2 Å². The molecular weight excluding hydrogens is 314 g/mol. The number of benzene rings is 1. The van der Waals surface area contributed by atoms with E-state index in [1.54, 1.807) is 6.07 Å². The number of methoxy groups -OCH3 is 1. The molecular formula is C18H26F2N2O2. The maximum Gasteiger partial charge on any atom is 0.387 e. The van der Waals surface area contributed by atoms with Crippen LogP contribution in [0.2, 0.25) is 0 Å². The number of hydrogen-bond acceptors (Lipinski definition) is 4. The normalized spacial score (nSPS) is 21.3. The van der Waals surface area contributed by atoms with Gasteiger partial charge in [-0.25, -0.2) is 0 Å². The van der Waals surface area contributed by atoms with Gasteiger partial charge in [-0.1, -0.05) is 6.07 Å². The number of nitrogens with zero attached hydrogens (tertiary/aromatic N) is 1. The number of rotatable bonds is 8. The molecule has 0 radical (unpaired) electrons. The van der Waals surface area contributed by atoms with Crippen LogP contribution in [0.3, 0.4) is 0 Å². The maximum atomic E-state index is 12.4. The summed E-state index contributed by atoms with van der Waals surface area (Å²) in [6.07, 6.45) is 5.03. The predicted molar refractivity (Wildman–Crippen MR) is 88.7 cm³/mol. The number of alkyl halides is 2. The van der Waals surface area contributed by atoms with E-state index in [2.05, 4.69) is 15.0 Å². The van der Waals surface area contributed by atoms with Crippen LogP contribution in [-0.4, -0.2) is 44.3 Å². The molecule has 0 spiro atoms. The van der Waals surface area contributed by atoms with Crippen molar-refractivity contribution in [3.63, 3.8) is 0 Å². The average Bonchev–Trinajstić information content (AvgIpc) is 3.41. The van der Waals surface area contributed by atoms with Gasteiger partial charge in [0.25, 0.3) is 0 Å². The third-order valence-electron chi connectivity index (χ3n) is 4.78. The number of ether oxygens (including phenoxy) is 2. The van der Waals surface area contributed by atoms with E-state index in [0.717, 1.165) is 31.7 Å². The molecule has 6 heteroatoms. The lowest BCUT2D eigenvalue weighted by molar-refractivity contribution is -0.0512. The van der Waals surface area contributed by atoms with Crippen molar-refractivity contribution in [2.45, 2.75) is 44.9 Å². The minimum Gasteiger partial charge on any atom is -0.493 e. The SMILES string of the molecule is COc1cc(CN(CC2CCCNC2)C2CC2)ccc1OC(F)F. The van der Waals surface area contributed by atoms with Crippen molar-refractivity contribution in [2.24, 2.45) is 5.92 Å². The van der Waals surface area contributed by atoms with E-state index < -0.39 is 6.61 Å². The summed E-state index contributed by atoms with van der Waals surface area (Å²) in [5, 5.41) is 3.47. The van der Waals surface area contributed by atoms with E-state index in [1.807, 2.05) is 12.1 Å². The zero-order valence-electron chi connectivity index (χ0n) is 14.1. The van der Waals surface area contributed by atoms with Crippen molar-refractivity contribution < 1.29 is 18.3 Å². The minimum atomic E-state index is -2.84. The van der Waals surface area contributed by atoms with Gasteiger partial charge in [-0.3, -0.25) is 4.90 Å². The average molecular weight is 340 g/mol. The van der Waals surface area contributed by atoms with Crippen molar-refractivity contribution >= 4 is 0 Å². The highest BCUT2D eigenvalue weighted by molar-refractivity contribution is 5.43. The molecule has 1 atom stereocenters. The second-order valence-corrected chi connectivity index (χ2v) is 6.74. The van der Waals surface area contributed by atoms with Gasteiger partial charge < -0.3 is 14.8 Å². The Kier molecular flexibility index (Phi) is 5.89. The Hall–Kier alpha value is -1.40. The number of nitrogens with one attached hydrogen (secondary N) is 1. The van der Waals surface area contributed by atoms with Crippen LogP contribution < -0.4 is 14.8 Å². The van der Waals surface area contributed by atoms with Gasteiger partial charge in [0.2, 0.25) is 0 Å². The first-order valence-corrected chi connectivity index (χ1v) is 8.72. The van der Waals surface area contributed by atoms with E-state index in [1.165, 1.54) is 32.8 Å². The van der Waals surface area contributed by atoms with Crippen LogP contribution in [0, 0.1) is 5.92 Å². The Morgan fingerprint density at radius 1 is 1.25 bits per heavy atom. The first-order chi connectivity index (χ1) is 11.7. The lowest BCUT2D eigenvalue weighted by Gasteiger charge is -2.30. The predicted octanol–water partition coefficient (Wildman–Crippen LogP) is 3.26. The van der Waals surface area contributed by atoms with Crippen molar-refractivity contribution in [1.29, 1.82) is 0 Å². The molecule has 1 N–H and O–H groups in total. The van der Waals surface area contributed by atoms with Crippen LogP contribution in [0.5, 0.6) is 11.5 Å². The second kappa shape index (κ2) is 8.12. The van der Waals surface area contributed by atoms with Gasteiger partial charge in [-0.15, -0.1) is 0 Å². The molecule has 4 nitrogen and oxygen atoms in total. The largest absolute Gasteiger partial charge is 0.493 e. The summed E-state index contributed by atoms with van der Waals surface area (Å²) >= 11 is 0. The standard InChI is InChI=1S/C18H26F2N2O2/c1-23-17-9-13(4-7-16(17)24-18(19)20)11-22(15-5-6-15)12-14-3-2-8-21-10-14/h4,7,9,14-15,18,21H,2-3,5-6,8,10-12H2,1H3. The van der Waals surface area contributed by atoms with Crippen LogP contribution in [0.15, 0.2) is 18.2 Å². The monoisotopic (exact) mass is 340 g/mol. The van der Waals surface area contributed by atoms with Gasteiger partial charge in [0.05, 0.1) is 7.11 Å². The Labute approximate surface area is 142 Å². The van der Waals surface area contributed by atoms with E-state index in [4.69, 9.17) is 4.74 Å². The molecule has 1 saturated heterocycles. The fraction of sp³-hybridized carbons (Fsp3) is 0.667. The smallest absolute Gasteiger partial charge is 0.387 e. The summed E-state index contributed by atoms with van der Waals surface area (Å²) < 4.78 is 34.6. The van der Waals surface area contributed by atoms with Gasteiger partial charge in [-0.05, 0) is 62.4 Å². The molecule has 0 bridgehead atoms. The molecule has 2 aliphatic rings. The van der Waals surface area contributed by atoms with Crippen LogP contribution >= 0.6 is 0 Å². The topological polar surface area (TPSA) is 33.7 Å². The molecule has 24 heavy (non-hydrogen) atoms. The highest BCUT2D eigenvalue weighted by atomic mass is 19.3. The van der Waals surface area contributed by atoms with Crippen LogP contribution in [0.4, 0.5) is 8.78 Å². The quantitative estimate of drug-likeness (QED) is 0.788. The van der Waals surface area contributed by atoms with E-state index >= 15 is 0 Å². The molecule has 1 unspecified atom stereocenters. The van der Waals surface area contributed by atoms with Gasteiger partial charge in [0.1, 0.15) is 0 Å². The summed E-state index contributed by atoms with van der Waals surface area (Å²) in [4.78, 5) is 2.53. The molecule has 1 aliphatic heterocycles. The third kappa shape index (κ3) is 4.80. The molecule has 2 fully saturated rings. The summed E-state index contributed by atoms with van der Waals surface area (Å²) in [5.74, 6) is 1.15. The van der Waals surface area contributed by atoms with E-state index in [-0.39, 0.29) is 5.75 Å². The summed E-state index contributed by atoms with van der Waals surface area (Å²) in [6, 6.07) is 5.91. The zero-order valence-corrected chi connectivity index (χ0v) is 14.1. The first kappa shape index (κ1) is 17.4. The summed E-state index contributed by atoms with van der Waals surface area (Å²) in [6.45, 7) is 1.30. The highest BCUT2D eigenvalue weighted by Crippen LogP contribution is 2.33. The summed E-state index contributed by atoms with van der Waals surface area (Å²) in [5.41, 5.74) is 1.07. The first-order valence-electron chi connectivity index (χ1n) is 8.72. The number of piperidine rings is 1. The van der Waals surface area contributed by atoms with Crippen molar-refractivity contribution in [3.8, 4) is 11.5 Å². The van der Waals surface area contributed by atoms with Gasteiger partial charge in [0, 0.05) is 19.1 Å². The van der Waals surface area contributed by atoms with Gasteiger partial charge in [-0.2, -0.15) is 8.78 Å². The molecule has 1 heterocycles. The molecule has 1 saturated carbocycles. The van der Waals surface area contributed by atoms with Crippen LogP contribution in [-0.2, 0) is 6.54 Å². The maximum absolute atomic E-state index is 12.4. The van der Waals surface area contributed by atoms with Crippen molar-refractivity contribution in [2.75, 3.05) is 26.7 Å². The van der Waals surface area contributed by atoms with Gasteiger partial charge in [0.15, 0.2) is 11.5 Å². The van der Waals surface area contributed by atoms with E-state index in [9.17, 15) is 8.78 Å². The van der Waals surface area contributed by atoms with Crippen molar-refractivity contribution in [1.82, 2.24) is 10.2 Å².